The van der Waals surface area contributed by atoms with Gasteiger partial charge in [-0.2, -0.15) is 0 Å². The number of hydrogen-bond acceptors (Lipinski definition) is 1. The highest BCUT2D eigenvalue weighted by Gasteiger charge is 2.15. The molecule has 0 aliphatic rings. The molecule has 0 saturated carbocycles. The largest absolute Gasteiger partial charge is 0.481 e. The summed E-state index contributed by atoms with van der Waals surface area (Å²) >= 11 is 3.49. The van der Waals surface area contributed by atoms with Crippen LogP contribution in [0.25, 0.3) is 10.9 Å². The molecular weight excluding hydrogens is 270 g/mol. The summed E-state index contributed by atoms with van der Waals surface area (Å²) in [5.41, 5.74) is 2.07. The molecule has 0 radical (unpaired) electrons. The zero-order valence-corrected chi connectivity index (χ0v) is 10.4. The Labute approximate surface area is 102 Å². The summed E-state index contributed by atoms with van der Waals surface area (Å²) in [6.07, 6.45) is 2.42. The Morgan fingerprint density at radius 1 is 1.56 bits per heavy atom. The Kier molecular flexibility index (Phi) is 3.01. The Bertz CT molecular complexity index is 533. The van der Waals surface area contributed by atoms with Crippen molar-refractivity contribution in [3.8, 4) is 0 Å². The third-order valence-electron chi connectivity index (χ3n) is 2.68. The molecule has 0 aliphatic heterocycles. The molecule has 3 nitrogen and oxygen atoms in total. The second-order valence-corrected chi connectivity index (χ2v) is 4.77. The third kappa shape index (κ3) is 1.97. The standard InChI is InChI=1S/C12H12BrNO2/c1-7(12(15)16)5-8-6-14-10-4-2-3-9(13)11(8)10/h2-4,6-7,14H,5H2,1H3,(H,15,16). The molecule has 1 unspecified atom stereocenters. The molecule has 0 fully saturated rings. The van der Waals surface area contributed by atoms with Crippen LogP contribution in [-0.2, 0) is 11.2 Å². The van der Waals surface area contributed by atoms with Crippen molar-refractivity contribution in [2.45, 2.75) is 13.3 Å². The van der Waals surface area contributed by atoms with Gasteiger partial charge in [-0.25, -0.2) is 0 Å². The lowest BCUT2D eigenvalue weighted by Crippen LogP contribution is -2.11. The number of H-pyrrole nitrogens is 1. The summed E-state index contributed by atoms with van der Waals surface area (Å²) in [6.45, 7) is 1.72. The highest BCUT2D eigenvalue weighted by atomic mass is 79.9. The van der Waals surface area contributed by atoms with Gasteiger partial charge < -0.3 is 10.1 Å². The minimum atomic E-state index is -0.763. The van der Waals surface area contributed by atoms with E-state index in [1.807, 2.05) is 24.4 Å². The SMILES string of the molecule is CC(Cc1c[nH]c2cccc(Br)c12)C(=O)O. The number of aromatic nitrogens is 1. The fraction of sp³-hybridized carbons (Fsp3) is 0.250. The molecule has 0 aliphatic carbocycles. The molecule has 16 heavy (non-hydrogen) atoms. The van der Waals surface area contributed by atoms with Crippen LogP contribution in [0.1, 0.15) is 12.5 Å². The van der Waals surface area contributed by atoms with Crippen molar-refractivity contribution in [2.75, 3.05) is 0 Å². The second-order valence-electron chi connectivity index (χ2n) is 3.92. The maximum absolute atomic E-state index is 10.8. The maximum atomic E-state index is 10.8. The average molecular weight is 282 g/mol. The van der Waals surface area contributed by atoms with Crippen molar-refractivity contribution in [3.05, 3.63) is 34.4 Å². The monoisotopic (exact) mass is 281 g/mol. The van der Waals surface area contributed by atoms with E-state index >= 15 is 0 Å². The fourth-order valence-corrected chi connectivity index (χ4v) is 2.41. The van der Waals surface area contributed by atoms with Crippen molar-refractivity contribution < 1.29 is 9.90 Å². The van der Waals surface area contributed by atoms with E-state index in [-0.39, 0.29) is 5.92 Å². The number of benzene rings is 1. The molecule has 0 amide bonds. The predicted molar refractivity (Wildman–Crippen MR) is 66.5 cm³/mol. The molecule has 0 saturated heterocycles. The summed E-state index contributed by atoms with van der Waals surface area (Å²) in [7, 11) is 0. The molecule has 0 spiro atoms. The predicted octanol–water partition coefficient (Wildman–Crippen LogP) is 3.19. The first-order valence-electron chi connectivity index (χ1n) is 5.07. The lowest BCUT2D eigenvalue weighted by Gasteiger charge is -2.05. The van der Waals surface area contributed by atoms with Crippen molar-refractivity contribution in [2.24, 2.45) is 5.92 Å². The van der Waals surface area contributed by atoms with Crippen LogP contribution >= 0.6 is 15.9 Å². The van der Waals surface area contributed by atoms with Crippen molar-refractivity contribution in [3.63, 3.8) is 0 Å². The Morgan fingerprint density at radius 3 is 3.00 bits per heavy atom. The number of fused-ring (bicyclic) bond motifs is 1. The van der Waals surface area contributed by atoms with Gasteiger partial charge in [-0.15, -0.1) is 0 Å². The van der Waals surface area contributed by atoms with Crippen LogP contribution < -0.4 is 0 Å². The number of carbonyl (C=O) groups is 1. The first-order chi connectivity index (χ1) is 7.59. The van der Waals surface area contributed by atoms with E-state index < -0.39 is 5.97 Å². The normalized spacial score (nSPS) is 12.9. The molecule has 1 aromatic heterocycles. The Balaban J connectivity index is 2.42. The van der Waals surface area contributed by atoms with E-state index in [0.29, 0.717) is 6.42 Å². The molecule has 0 bridgehead atoms. The van der Waals surface area contributed by atoms with E-state index in [0.717, 1.165) is 20.9 Å². The topological polar surface area (TPSA) is 53.1 Å². The number of rotatable bonds is 3. The molecule has 4 heteroatoms. The number of carboxylic acids is 1. The molecule has 1 atom stereocenters. The molecule has 84 valence electrons. The molecular formula is C12H12BrNO2. The van der Waals surface area contributed by atoms with E-state index in [1.54, 1.807) is 6.92 Å². The second kappa shape index (κ2) is 4.29. The van der Waals surface area contributed by atoms with Crippen molar-refractivity contribution in [1.82, 2.24) is 4.98 Å². The summed E-state index contributed by atoms with van der Waals surface area (Å²) < 4.78 is 0.999. The van der Waals surface area contributed by atoms with Gasteiger partial charge in [-0.1, -0.05) is 28.9 Å². The van der Waals surface area contributed by atoms with E-state index in [4.69, 9.17) is 5.11 Å². The average Bonchev–Trinajstić information content (AvgIpc) is 2.63. The lowest BCUT2D eigenvalue weighted by molar-refractivity contribution is -0.141. The van der Waals surface area contributed by atoms with E-state index in [9.17, 15) is 4.79 Å². The van der Waals surface area contributed by atoms with Crippen LogP contribution in [0.5, 0.6) is 0 Å². The van der Waals surface area contributed by atoms with Gasteiger partial charge in [0.25, 0.3) is 0 Å². The number of nitrogens with one attached hydrogen (secondary N) is 1. The van der Waals surface area contributed by atoms with Gasteiger partial charge in [-0.3, -0.25) is 4.79 Å². The number of hydrogen-bond donors (Lipinski definition) is 2. The summed E-state index contributed by atoms with van der Waals surface area (Å²) in [4.78, 5) is 14.0. The summed E-state index contributed by atoms with van der Waals surface area (Å²) in [5.74, 6) is -1.13. The van der Waals surface area contributed by atoms with Crippen LogP contribution in [0, 0.1) is 5.92 Å². The van der Waals surface area contributed by atoms with Crippen molar-refractivity contribution >= 4 is 32.8 Å². The van der Waals surface area contributed by atoms with E-state index in [1.165, 1.54) is 0 Å². The number of aliphatic carboxylic acids is 1. The molecule has 1 aromatic carbocycles. The minimum absolute atomic E-state index is 0.369. The number of carboxylic acid groups (broad SMARTS) is 1. The van der Waals surface area contributed by atoms with Gasteiger partial charge in [0.05, 0.1) is 5.92 Å². The lowest BCUT2D eigenvalue weighted by atomic mass is 10.0. The first kappa shape index (κ1) is 11.2. The van der Waals surface area contributed by atoms with Crippen molar-refractivity contribution in [1.29, 1.82) is 0 Å². The Morgan fingerprint density at radius 2 is 2.31 bits per heavy atom. The van der Waals surface area contributed by atoms with Gasteiger partial charge in [-0.05, 0) is 24.1 Å². The highest BCUT2D eigenvalue weighted by Crippen LogP contribution is 2.28. The smallest absolute Gasteiger partial charge is 0.306 e. The van der Waals surface area contributed by atoms with Crippen LogP contribution in [-0.4, -0.2) is 16.1 Å². The van der Waals surface area contributed by atoms with Gasteiger partial charge in [0.1, 0.15) is 0 Å². The molecule has 2 aromatic rings. The van der Waals surface area contributed by atoms with Gasteiger partial charge >= 0.3 is 5.97 Å². The van der Waals surface area contributed by atoms with Gasteiger partial charge in [0.2, 0.25) is 0 Å². The number of halogens is 1. The minimum Gasteiger partial charge on any atom is -0.481 e. The molecule has 2 rings (SSSR count). The van der Waals surface area contributed by atoms with Crippen LogP contribution in [0.2, 0.25) is 0 Å². The molecule has 2 N–H and O–H groups in total. The van der Waals surface area contributed by atoms with Crippen LogP contribution in [0.3, 0.4) is 0 Å². The summed E-state index contributed by atoms with van der Waals surface area (Å²) in [6, 6.07) is 5.90. The zero-order valence-electron chi connectivity index (χ0n) is 8.83. The van der Waals surface area contributed by atoms with Gasteiger partial charge in [0.15, 0.2) is 0 Å². The first-order valence-corrected chi connectivity index (χ1v) is 5.86. The van der Waals surface area contributed by atoms with Gasteiger partial charge in [0, 0.05) is 21.6 Å². The highest BCUT2D eigenvalue weighted by molar-refractivity contribution is 9.10. The third-order valence-corrected chi connectivity index (χ3v) is 3.35. The number of aromatic amines is 1. The maximum Gasteiger partial charge on any atom is 0.306 e. The zero-order chi connectivity index (χ0) is 11.7. The quantitative estimate of drug-likeness (QED) is 0.908. The van der Waals surface area contributed by atoms with Crippen LogP contribution in [0.15, 0.2) is 28.9 Å². The Hall–Kier alpha value is -1.29. The van der Waals surface area contributed by atoms with E-state index in [2.05, 4.69) is 20.9 Å². The molecule has 1 heterocycles. The summed E-state index contributed by atoms with van der Waals surface area (Å²) in [5, 5.41) is 9.98. The fourth-order valence-electron chi connectivity index (χ4n) is 1.79. The van der Waals surface area contributed by atoms with Crippen LogP contribution in [0.4, 0.5) is 0 Å².